The Balaban J connectivity index is 0. The Morgan fingerprint density at radius 2 is 2.18 bits per heavy atom. The molecule has 4 heteroatoms. The Morgan fingerprint density at radius 3 is 2.27 bits per heavy atom. The van der Waals surface area contributed by atoms with Crippen molar-refractivity contribution in [3.05, 3.63) is 12.7 Å². The average molecular weight is 160 g/mol. The molecule has 0 bridgehead atoms. The molecule has 0 aliphatic rings. The monoisotopic (exact) mass is 160 g/mol. The van der Waals surface area contributed by atoms with Crippen molar-refractivity contribution in [2.24, 2.45) is 0 Å². The summed E-state index contributed by atoms with van der Waals surface area (Å²) in [6, 6.07) is -0.433. The lowest BCUT2D eigenvalue weighted by Crippen LogP contribution is -2.34. The van der Waals surface area contributed by atoms with Crippen LogP contribution in [-0.4, -0.2) is 36.1 Å². The minimum atomic E-state index is -0.801. The van der Waals surface area contributed by atoms with E-state index in [1.54, 1.807) is 25.1 Å². The molecule has 1 atom stereocenters. The smallest absolute Gasteiger partial charge is 0.321 e. The van der Waals surface area contributed by atoms with Gasteiger partial charge in [-0.3, -0.25) is 9.69 Å². The molecule has 0 aromatic rings. The van der Waals surface area contributed by atoms with Crippen LogP contribution >= 0.6 is 0 Å². The van der Waals surface area contributed by atoms with Crippen molar-refractivity contribution in [2.45, 2.75) is 12.5 Å². The number of likely N-dealkylation sites (N-methyl/N-ethyl adjacent to an activating group) is 1. The van der Waals surface area contributed by atoms with E-state index in [0.717, 1.165) is 0 Å². The Morgan fingerprint density at radius 1 is 1.73 bits per heavy atom. The fourth-order valence-corrected chi connectivity index (χ4v) is 0.690. The molecular weight excluding hydrogens is 144 g/mol. The van der Waals surface area contributed by atoms with Crippen molar-refractivity contribution in [1.82, 2.24) is 11.1 Å². The van der Waals surface area contributed by atoms with Crippen LogP contribution in [0.5, 0.6) is 0 Å². The van der Waals surface area contributed by atoms with Gasteiger partial charge in [0.15, 0.2) is 0 Å². The summed E-state index contributed by atoms with van der Waals surface area (Å²) in [6.45, 7) is 3.48. The number of rotatable bonds is 4. The summed E-state index contributed by atoms with van der Waals surface area (Å²) in [4.78, 5) is 12.1. The zero-order chi connectivity index (χ0) is 8.15. The van der Waals surface area contributed by atoms with Crippen LogP contribution in [0.15, 0.2) is 12.7 Å². The predicted octanol–water partition coefficient (Wildman–Crippen LogP) is 0.739. The maximum absolute atomic E-state index is 10.4. The predicted molar refractivity (Wildman–Crippen MR) is 44.9 cm³/mol. The van der Waals surface area contributed by atoms with Gasteiger partial charge >= 0.3 is 5.97 Å². The van der Waals surface area contributed by atoms with Gasteiger partial charge in [-0.25, -0.2) is 0 Å². The summed E-state index contributed by atoms with van der Waals surface area (Å²) >= 11 is 0. The minimum Gasteiger partial charge on any atom is -0.480 e. The number of nitrogens with zero attached hydrogens (tertiary/aromatic N) is 1. The molecule has 4 N–H and O–H groups in total. The molecule has 66 valence electrons. The molecule has 0 rings (SSSR count). The first kappa shape index (κ1) is 12.8. The highest BCUT2D eigenvalue weighted by Crippen LogP contribution is 1.99. The maximum Gasteiger partial charge on any atom is 0.321 e. The number of aliphatic carboxylic acids is 1. The first-order chi connectivity index (χ1) is 4.59. The summed E-state index contributed by atoms with van der Waals surface area (Å²) < 4.78 is 0. The van der Waals surface area contributed by atoms with Crippen molar-refractivity contribution in [3.63, 3.8) is 0 Å². The Hall–Kier alpha value is -0.870. The van der Waals surface area contributed by atoms with E-state index in [4.69, 9.17) is 5.11 Å². The summed E-state index contributed by atoms with van der Waals surface area (Å²) in [5, 5.41) is 8.59. The molecular formula is C7H16N2O2. The minimum absolute atomic E-state index is 0. The number of carboxylic acids is 1. The lowest BCUT2D eigenvalue weighted by atomic mass is 10.2. The molecule has 0 aliphatic carbocycles. The summed E-state index contributed by atoms with van der Waals surface area (Å²) in [6.07, 6.45) is 2.10. The Bertz CT molecular complexity index is 134. The van der Waals surface area contributed by atoms with E-state index >= 15 is 0 Å². The van der Waals surface area contributed by atoms with E-state index in [0.29, 0.717) is 6.42 Å². The number of carbonyl (C=O) groups is 1. The average Bonchev–Trinajstić information content (AvgIpc) is 1.81. The van der Waals surface area contributed by atoms with Crippen LogP contribution in [0, 0.1) is 0 Å². The topological polar surface area (TPSA) is 75.5 Å². The largest absolute Gasteiger partial charge is 0.480 e. The van der Waals surface area contributed by atoms with E-state index in [2.05, 4.69) is 6.58 Å². The second kappa shape index (κ2) is 5.88. The fourth-order valence-electron chi connectivity index (χ4n) is 0.690. The number of carboxylic acid groups (broad SMARTS) is 1. The van der Waals surface area contributed by atoms with Crippen LogP contribution in [0.2, 0.25) is 0 Å². The zero-order valence-electron chi connectivity index (χ0n) is 7.08. The lowest BCUT2D eigenvalue weighted by Gasteiger charge is -2.17. The van der Waals surface area contributed by atoms with Crippen molar-refractivity contribution < 1.29 is 9.90 Å². The van der Waals surface area contributed by atoms with Gasteiger partial charge in [-0.15, -0.1) is 6.58 Å². The molecule has 0 fully saturated rings. The third-order valence-electron chi connectivity index (χ3n) is 1.30. The van der Waals surface area contributed by atoms with Crippen molar-refractivity contribution >= 4 is 5.97 Å². The van der Waals surface area contributed by atoms with Crippen molar-refractivity contribution in [3.8, 4) is 0 Å². The van der Waals surface area contributed by atoms with Crippen molar-refractivity contribution in [1.29, 1.82) is 0 Å². The molecule has 0 aliphatic heterocycles. The summed E-state index contributed by atoms with van der Waals surface area (Å²) in [5.74, 6) is -0.801. The molecule has 0 saturated carbocycles. The third-order valence-corrected chi connectivity index (χ3v) is 1.30. The highest BCUT2D eigenvalue weighted by molar-refractivity contribution is 5.73. The van der Waals surface area contributed by atoms with Crippen LogP contribution in [0.1, 0.15) is 6.42 Å². The van der Waals surface area contributed by atoms with Gasteiger partial charge in [-0.1, -0.05) is 6.08 Å². The standard InChI is InChI=1S/C7H13NO2.H3N/c1-4-5-6(7(9)10)8(2)3;/h4,6H,1,5H2,2-3H3,(H,9,10);1H3. The van der Waals surface area contributed by atoms with Crippen LogP contribution in [0.25, 0.3) is 0 Å². The van der Waals surface area contributed by atoms with E-state index < -0.39 is 12.0 Å². The van der Waals surface area contributed by atoms with Gasteiger partial charge in [-0.2, -0.15) is 0 Å². The molecule has 0 aromatic carbocycles. The summed E-state index contributed by atoms with van der Waals surface area (Å²) in [5.41, 5.74) is 0. The maximum atomic E-state index is 10.4. The normalized spacial score (nSPS) is 11.9. The second-order valence-electron chi connectivity index (χ2n) is 2.34. The lowest BCUT2D eigenvalue weighted by molar-refractivity contribution is -0.142. The molecule has 0 amide bonds. The SMILES string of the molecule is C=CCC(C(=O)O)N(C)C.N. The zero-order valence-corrected chi connectivity index (χ0v) is 7.08. The van der Waals surface area contributed by atoms with Crippen LogP contribution < -0.4 is 6.15 Å². The first-order valence-corrected chi connectivity index (χ1v) is 3.09. The highest BCUT2D eigenvalue weighted by Gasteiger charge is 2.16. The highest BCUT2D eigenvalue weighted by atomic mass is 16.4. The van der Waals surface area contributed by atoms with E-state index in [1.165, 1.54) is 0 Å². The van der Waals surface area contributed by atoms with Gasteiger partial charge in [0.2, 0.25) is 0 Å². The number of hydrogen-bond donors (Lipinski definition) is 2. The quantitative estimate of drug-likeness (QED) is 0.595. The Labute approximate surface area is 67.1 Å². The fraction of sp³-hybridized carbons (Fsp3) is 0.571. The van der Waals surface area contributed by atoms with Gasteiger partial charge in [-0.05, 0) is 20.5 Å². The first-order valence-electron chi connectivity index (χ1n) is 3.09. The third kappa shape index (κ3) is 4.52. The van der Waals surface area contributed by atoms with Crippen LogP contribution in [0.3, 0.4) is 0 Å². The van der Waals surface area contributed by atoms with E-state index in [-0.39, 0.29) is 6.15 Å². The van der Waals surface area contributed by atoms with Crippen LogP contribution in [0.4, 0.5) is 0 Å². The Kier molecular flexibility index (Phi) is 6.83. The van der Waals surface area contributed by atoms with Crippen LogP contribution in [-0.2, 0) is 4.79 Å². The molecule has 0 radical (unpaired) electrons. The van der Waals surface area contributed by atoms with Crippen molar-refractivity contribution in [2.75, 3.05) is 14.1 Å². The van der Waals surface area contributed by atoms with Gasteiger partial charge in [0.1, 0.15) is 6.04 Å². The molecule has 0 aromatic heterocycles. The van der Waals surface area contributed by atoms with Gasteiger partial charge < -0.3 is 11.3 Å². The van der Waals surface area contributed by atoms with Gasteiger partial charge in [0, 0.05) is 0 Å². The second-order valence-corrected chi connectivity index (χ2v) is 2.34. The molecule has 4 nitrogen and oxygen atoms in total. The van der Waals surface area contributed by atoms with E-state index in [1.807, 2.05) is 0 Å². The van der Waals surface area contributed by atoms with Gasteiger partial charge in [0.05, 0.1) is 0 Å². The summed E-state index contributed by atoms with van der Waals surface area (Å²) in [7, 11) is 3.48. The molecule has 0 saturated heterocycles. The molecule has 0 spiro atoms. The molecule has 1 unspecified atom stereocenters. The molecule has 11 heavy (non-hydrogen) atoms. The number of hydrogen-bond acceptors (Lipinski definition) is 3. The molecule has 0 heterocycles. The van der Waals surface area contributed by atoms with E-state index in [9.17, 15) is 4.79 Å². The van der Waals surface area contributed by atoms with Gasteiger partial charge in [0.25, 0.3) is 0 Å².